The second-order valence-corrected chi connectivity index (χ2v) is 7.50. The Hall–Kier alpha value is -2.59. The quantitative estimate of drug-likeness (QED) is 0.251. The van der Waals surface area contributed by atoms with Crippen molar-refractivity contribution in [3.63, 3.8) is 0 Å². The number of anilines is 2. The van der Waals surface area contributed by atoms with E-state index < -0.39 is 39.9 Å². The Bertz CT molecular complexity index is 979. The number of hydrogen-bond donors (Lipinski definition) is 1. The van der Waals surface area contributed by atoms with Gasteiger partial charge in [0, 0.05) is 17.2 Å². The summed E-state index contributed by atoms with van der Waals surface area (Å²) >= 11 is 4.81. The van der Waals surface area contributed by atoms with Crippen LogP contribution in [-0.2, 0) is 0 Å². The number of piperidine rings is 1. The summed E-state index contributed by atoms with van der Waals surface area (Å²) in [5.41, 5.74) is 4.39. The van der Waals surface area contributed by atoms with Crippen LogP contribution in [0.3, 0.4) is 0 Å². The zero-order chi connectivity index (χ0) is 22.2. The molecule has 0 bridgehead atoms. The van der Waals surface area contributed by atoms with E-state index in [0.717, 1.165) is 13.1 Å². The van der Waals surface area contributed by atoms with Crippen LogP contribution < -0.4 is 10.6 Å². The van der Waals surface area contributed by atoms with Crippen molar-refractivity contribution in [2.45, 2.75) is 12.8 Å². The van der Waals surface area contributed by atoms with Crippen molar-refractivity contribution in [2.24, 2.45) is 11.7 Å². The molecule has 1 heterocycles. The van der Waals surface area contributed by atoms with Crippen molar-refractivity contribution in [1.29, 1.82) is 0 Å². The van der Waals surface area contributed by atoms with E-state index in [1.54, 1.807) is 0 Å². The first-order valence-corrected chi connectivity index (χ1v) is 9.48. The van der Waals surface area contributed by atoms with Gasteiger partial charge in [0.05, 0.1) is 0 Å². The lowest BCUT2D eigenvalue weighted by Crippen LogP contribution is -2.34. The second-order valence-electron chi connectivity index (χ2n) is 7.08. The minimum absolute atomic E-state index is 0.0931. The summed E-state index contributed by atoms with van der Waals surface area (Å²) in [7, 11) is 1.95. The third kappa shape index (κ3) is 4.01. The highest BCUT2D eigenvalue weighted by molar-refractivity contribution is 7.80. The van der Waals surface area contributed by atoms with E-state index in [9.17, 15) is 26.7 Å². The van der Waals surface area contributed by atoms with Gasteiger partial charge in [0.25, 0.3) is 0 Å². The molecule has 3 rings (SSSR count). The molecule has 2 aromatic rings. The van der Waals surface area contributed by atoms with E-state index in [2.05, 4.69) is 4.90 Å². The summed E-state index contributed by atoms with van der Waals surface area (Å²) in [6, 6.07) is 5.52. The molecule has 1 aliphatic heterocycles. The summed E-state index contributed by atoms with van der Waals surface area (Å²) < 4.78 is 69.5. The maximum absolute atomic E-state index is 14.3. The normalized spacial score (nSPS) is 15.3. The molecule has 4 nitrogen and oxygen atoms in total. The summed E-state index contributed by atoms with van der Waals surface area (Å²) in [4.78, 5) is 15.5. The Morgan fingerprint density at radius 3 is 2.10 bits per heavy atom. The number of nitrogens with zero attached hydrogens (tertiary/aromatic N) is 2. The lowest BCUT2D eigenvalue weighted by Gasteiger charge is -2.28. The van der Waals surface area contributed by atoms with Crippen LogP contribution in [0.25, 0.3) is 0 Å². The molecule has 1 saturated heterocycles. The van der Waals surface area contributed by atoms with Crippen molar-refractivity contribution in [3.8, 4) is 0 Å². The Kier molecular flexibility index (Phi) is 6.37. The molecule has 2 aromatic carbocycles. The molecule has 1 aliphatic rings. The zero-order valence-electron chi connectivity index (χ0n) is 15.9. The number of benzene rings is 2. The minimum Gasteiger partial charge on any atom is -0.376 e. The third-order valence-corrected chi connectivity index (χ3v) is 5.29. The number of carbonyl (C=O) groups excluding carboxylic acids is 1. The monoisotopic (exact) mass is 443 g/mol. The second kappa shape index (κ2) is 8.65. The van der Waals surface area contributed by atoms with Gasteiger partial charge in [0.1, 0.15) is 5.69 Å². The SMILES string of the molecule is CN1CCC(C(=O)c2cccc(N(C(N)=S)c3c(F)c(F)c(F)c(F)c3F)c2)CC1. The van der Waals surface area contributed by atoms with Gasteiger partial charge in [-0.3, -0.25) is 9.69 Å². The molecule has 0 radical (unpaired) electrons. The topological polar surface area (TPSA) is 49.6 Å². The average molecular weight is 443 g/mol. The van der Waals surface area contributed by atoms with Crippen LogP contribution in [0.4, 0.5) is 33.3 Å². The Balaban J connectivity index is 2.05. The van der Waals surface area contributed by atoms with Crippen LogP contribution in [0.2, 0.25) is 0 Å². The maximum Gasteiger partial charge on any atom is 0.200 e. The number of carbonyl (C=O) groups is 1. The van der Waals surface area contributed by atoms with E-state index in [1.165, 1.54) is 24.3 Å². The van der Waals surface area contributed by atoms with Gasteiger partial charge >= 0.3 is 0 Å². The first-order valence-electron chi connectivity index (χ1n) is 9.07. The highest BCUT2D eigenvalue weighted by Gasteiger charge is 2.32. The standard InChI is InChI=1S/C20H18F5N3OS/c1-27-7-5-10(6-8-27)19(29)11-3-2-4-12(9-11)28(20(26)30)18-16(24)14(22)13(21)15(23)17(18)25/h2-4,9-10H,5-8H2,1H3,(H2,26,30). The molecule has 0 unspecified atom stereocenters. The fourth-order valence-corrected chi connectivity index (χ4v) is 3.66. The van der Waals surface area contributed by atoms with Gasteiger partial charge in [0.2, 0.25) is 5.82 Å². The van der Waals surface area contributed by atoms with Crippen molar-refractivity contribution in [1.82, 2.24) is 4.90 Å². The van der Waals surface area contributed by atoms with Crippen LogP contribution in [0.1, 0.15) is 23.2 Å². The Labute approximate surface area is 175 Å². The lowest BCUT2D eigenvalue weighted by molar-refractivity contribution is 0.0857. The van der Waals surface area contributed by atoms with Crippen molar-refractivity contribution >= 4 is 34.5 Å². The van der Waals surface area contributed by atoms with Gasteiger partial charge in [-0.1, -0.05) is 12.1 Å². The van der Waals surface area contributed by atoms with Crippen LogP contribution in [0.5, 0.6) is 0 Å². The van der Waals surface area contributed by atoms with E-state index in [0.29, 0.717) is 17.7 Å². The molecular formula is C20H18F5N3OS. The van der Waals surface area contributed by atoms with Crippen LogP contribution >= 0.6 is 12.2 Å². The number of halogens is 5. The van der Waals surface area contributed by atoms with Gasteiger partial charge in [-0.25, -0.2) is 22.0 Å². The van der Waals surface area contributed by atoms with Crippen molar-refractivity contribution < 1.29 is 26.7 Å². The first-order chi connectivity index (χ1) is 14.1. The number of Topliss-reactive ketones (excluding diaryl/α,β-unsaturated/α-hetero) is 1. The molecular weight excluding hydrogens is 425 g/mol. The van der Waals surface area contributed by atoms with Crippen LogP contribution in [-0.4, -0.2) is 35.9 Å². The molecule has 0 atom stereocenters. The molecule has 10 heteroatoms. The summed E-state index contributed by atoms with van der Waals surface area (Å²) in [5, 5.41) is -0.651. The number of ketones is 1. The predicted octanol–water partition coefficient (Wildman–Crippen LogP) is 4.29. The molecule has 0 saturated carbocycles. The van der Waals surface area contributed by atoms with E-state index in [-0.39, 0.29) is 23.0 Å². The van der Waals surface area contributed by atoms with Gasteiger partial charge in [-0.05, 0) is 57.3 Å². The Morgan fingerprint density at radius 1 is 1.03 bits per heavy atom. The number of nitrogens with two attached hydrogens (primary N) is 1. The van der Waals surface area contributed by atoms with Gasteiger partial charge in [-0.15, -0.1) is 0 Å². The fraction of sp³-hybridized carbons (Fsp3) is 0.300. The first kappa shape index (κ1) is 22.1. The number of rotatable bonds is 4. The molecule has 1 fully saturated rings. The van der Waals surface area contributed by atoms with Crippen LogP contribution in [0, 0.1) is 35.0 Å². The molecule has 0 aliphatic carbocycles. The number of thiocarbonyl (C=S) groups is 1. The van der Waals surface area contributed by atoms with Gasteiger partial charge < -0.3 is 10.6 Å². The van der Waals surface area contributed by atoms with E-state index >= 15 is 0 Å². The molecule has 30 heavy (non-hydrogen) atoms. The number of hydrogen-bond acceptors (Lipinski definition) is 3. The molecule has 160 valence electrons. The third-order valence-electron chi connectivity index (χ3n) is 5.11. The maximum atomic E-state index is 14.3. The summed E-state index contributed by atoms with van der Waals surface area (Å²) in [6.45, 7) is 1.50. The molecule has 2 N–H and O–H groups in total. The van der Waals surface area contributed by atoms with E-state index in [1.807, 2.05) is 7.05 Å². The molecule has 0 spiro atoms. The Morgan fingerprint density at radius 2 is 1.57 bits per heavy atom. The highest BCUT2D eigenvalue weighted by Crippen LogP contribution is 2.35. The zero-order valence-corrected chi connectivity index (χ0v) is 16.7. The fourth-order valence-electron chi connectivity index (χ4n) is 3.46. The van der Waals surface area contributed by atoms with Gasteiger partial charge in [0.15, 0.2) is 34.2 Å². The van der Waals surface area contributed by atoms with Crippen molar-refractivity contribution in [3.05, 3.63) is 58.9 Å². The van der Waals surface area contributed by atoms with Crippen molar-refractivity contribution in [2.75, 3.05) is 25.0 Å². The summed E-state index contributed by atoms with van der Waals surface area (Å²) in [6.07, 6.45) is 1.30. The molecule has 0 amide bonds. The summed E-state index contributed by atoms with van der Waals surface area (Å²) in [5.74, 6) is -11.1. The largest absolute Gasteiger partial charge is 0.376 e. The van der Waals surface area contributed by atoms with Crippen LogP contribution in [0.15, 0.2) is 24.3 Å². The molecule has 0 aromatic heterocycles. The predicted molar refractivity (Wildman–Crippen MR) is 106 cm³/mol. The smallest absolute Gasteiger partial charge is 0.200 e. The lowest BCUT2D eigenvalue weighted by atomic mass is 9.89. The average Bonchev–Trinajstić information content (AvgIpc) is 2.73. The van der Waals surface area contributed by atoms with E-state index in [4.69, 9.17) is 18.0 Å². The highest BCUT2D eigenvalue weighted by atomic mass is 32.1. The van der Waals surface area contributed by atoms with Gasteiger partial charge in [-0.2, -0.15) is 0 Å². The minimum atomic E-state index is -2.29. The number of likely N-dealkylation sites (tertiary alicyclic amines) is 1.